The van der Waals surface area contributed by atoms with Gasteiger partial charge in [0.25, 0.3) is 0 Å². The lowest BCUT2D eigenvalue weighted by Gasteiger charge is -2.20. The van der Waals surface area contributed by atoms with Gasteiger partial charge in [-0.05, 0) is 23.1 Å². The molecule has 0 aromatic heterocycles. The van der Waals surface area contributed by atoms with Gasteiger partial charge in [-0.15, -0.1) is 0 Å². The molecule has 4 nitrogen and oxygen atoms in total. The number of aliphatic carboxylic acids is 1. The van der Waals surface area contributed by atoms with E-state index < -0.39 is 12.0 Å². The average Bonchev–Trinajstić information content (AvgIpc) is 2.25. The Kier molecular flexibility index (Phi) is 4.12. The van der Waals surface area contributed by atoms with E-state index in [2.05, 4.69) is 20.8 Å². The molecule has 0 saturated heterocycles. The molecule has 0 amide bonds. The molecule has 0 aliphatic carbocycles. The number of rotatable bonds is 4. The Morgan fingerprint density at radius 1 is 1.47 bits per heavy atom. The van der Waals surface area contributed by atoms with Gasteiger partial charge < -0.3 is 15.6 Å². The van der Waals surface area contributed by atoms with Gasteiger partial charge >= 0.3 is 5.97 Å². The van der Waals surface area contributed by atoms with E-state index in [1.165, 1.54) is 0 Å². The largest absolute Gasteiger partial charge is 0.491 e. The maximum atomic E-state index is 10.5. The molecule has 1 rings (SSSR count). The van der Waals surface area contributed by atoms with E-state index in [0.29, 0.717) is 5.75 Å². The lowest BCUT2D eigenvalue weighted by Crippen LogP contribution is -2.36. The Morgan fingerprint density at radius 2 is 2.12 bits per heavy atom. The fraction of sp³-hybridized carbons (Fsp3) is 0.462. The second-order valence-corrected chi connectivity index (χ2v) is 5.03. The average molecular weight is 237 g/mol. The normalized spacial score (nSPS) is 13.2. The van der Waals surface area contributed by atoms with Crippen molar-refractivity contribution >= 4 is 5.97 Å². The number of carboxylic acids is 1. The molecule has 0 aliphatic heterocycles. The second kappa shape index (κ2) is 5.19. The summed E-state index contributed by atoms with van der Waals surface area (Å²) in [6.45, 7) is 6.29. The molecule has 1 atom stereocenters. The van der Waals surface area contributed by atoms with Gasteiger partial charge in [0.05, 0.1) is 0 Å². The van der Waals surface area contributed by atoms with Crippen molar-refractivity contribution in [2.45, 2.75) is 32.2 Å². The Hall–Kier alpha value is -1.55. The third-order valence-electron chi connectivity index (χ3n) is 2.45. The van der Waals surface area contributed by atoms with Crippen LogP contribution in [0, 0.1) is 0 Å². The first-order valence-electron chi connectivity index (χ1n) is 5.52. The minimum atomic E-state index is -1.06. The summed E-state index contributed by atoms with van der Waals surface area (Å²) in [6.07, 6.45) is 0. The quantitative estimate of drug-likeness (QED) is 0.837. The van der Waals surface area contributed by atoms with Gasteiger partial charge in [0, 0.05) is 0 Å². The summed E-state index contributed by atoms with van der Waals surface area (Å²) in [7, 11) is 0. The summed E-state index contributed by atoms with van der Waals surface area (Å²) in [5.41, 5.74) is 6.54. The maximum Gasteiger partial charge on any atom is 0.324 e. The van der Waals surface area contributed by atoms with E-state index in [0.717, 1.165) is 5.56 Å². The van der Waals surface area contributed by atoms with Crippen LogP contribution < -0.4 is 10.5 Å². The highest BCUT2D eigenvalue weighted by molar-refractivity contribution is 5.73. The molecule has 0 bridgehead atoms. The number of carbonyl (C=O) groups is 1. The van der Waals surface area contributed by atoms with Gasteiger partial charge in [-0.2, -0.15) is 0 Å². The molecule has 94 valence electrons. The molecule has 0 heterocycles. The Balaban J connectivity index is 2.70. The molecule has 0 saturated carbocycles. The van der Waals surface area contributed by atoms with E-state index in [1.807, 2.05) is 18.2 Å². The Bertz CT molecular complexity index is 396. The van der Waals surface area contributed by atoms with Crippen molar-refractivity contribution in [3.05, 3.63) is 29.8 Å². The van der Waals surface area contributed by atoms with Gasteiger partial charge in [0.2, 0.25) is 0 Å². The van der Waals surface area contributed by atoms with Crippen molar-refractivity contribution < 1.29 is 14.6 Å². The second-order valence-electron chi connectivity index (χ2n) is 5.03. The van der Waals surface area contributed by atoms with E-state index in [9.17, 15) is 4.79 Å². The lowest BCUT2D eigenvalue weighted by molar-refractivity contribution is -0.139. The van der Waals surface area contributed by atoms with Crippen LogP contribution in [0.4, 0.5) is 0 Å². The van der Waals surface area contributed by atoms with Crippen LogP contribution >= 0.6 is 0 Å². The van der Waals surface area contributed by atoms with E-state index >= 15 is 0 Å². The van der Waals surface area contributed by atoms with Crippen molar-refractivity contribution in [3.63, 3.8) is 0 Å². The van der Waals surface area contributed by atoms with E-state index in [-0.39, 0.29) is 12.0 Å². The van der Waals surface area contributed by atoms with Crippen LogP contribution in [0.5, 0.6) is 5.75 Å². The van der Waals surface area contributed by atoms with Crippen LogP contribution in [0.2, 0.25) is 0 Å². The van der Waals surface area contributed by atoms with Gasteiger partial charge in [0.15, 0.2) is 0 Å². The molecule has 1 aromatic rings. The molecule has 3 N–H and O–H groups in total. The summed E-state index contributed by atoms with van der Waals surface area (Å²) in [5, 5.41) is 8.64. The zero-order valence-electron chi connectivity index (χ0n) is 10.4. The minimum Gasteiger partial charge on any atom is -0.491 e. The maximum absolute atomic E-state index is 10.5. The molecule has 1 unspecified atom stereocenters. The number of ether oxygens (including phenoxy) is 1. The zero-order valence-corrected chi connectivity index (χ0v) is 10.4. The van der Waals surface area contributed by atoms with Crippen molar-refractivity contribution in [2.24, 2.45) is 5.73 Å². The van der Waals surface area contributed by atoms with Gasteiger partial charge in [-0.1, -0.05) is 32.9 Å². The van der Waals surface area contributed by atoms with Crippen LogP contribution in [-0.4, -0.2) is 23.7 Å². The van der Waals surface area contributed by atoms with Crippen molar-refractivity contribution in [2.75, 3.05) is 6.61 Å². The number of carboxylic acid groups (broad SMARTS) is 1. The number of nitrogens with two attached hydrogens (primary N) is 1. The van der Waals surface area contributed by atoms with Gasteiger partial charge in [0.1, 0.15) is 18.4 Å². The van der Waals surface area contributed by atoms with Gasteiger partial charge in [-0.25, -0.2) is 0 Å². The third-order valence-corrected chi connectivity index (χ3v) is 2.45. The molecule has 4 heteroatoms. The van der Waals surface area contributed by atoms with Crippen LogP contribution in [0.25, 0.3) is 0 Å². The predicted octanol–water partition coefficient (Wildman–Crippen LogP) is 1.77. The molecular weight excluding hydrogens is 218 g/mol. The zero-order chi connectivity index (χ0) is 13.1. The highest BCUT2D eigenvalue weighted by Gasteiger charge is 2.15. The number of benzene rings is 1. The fourth-order valence-electron chi connectivity index (χ4n) is 1.31. The van der Waals surface area contributed by atoms with Crippen molar-refractivity contribution in [1.29, 1.82) is 0 Å². The first-order chi connectivity index (χ1) is 7.80. The predicted molar refractivity (Wildman–Crippen MR) is 66.2 cm³/mol. The molecule has 0 aliphatic rings. The molecule has 0 fully saturated rings. The molecule has 0 spiro atoms. The Morgan fingerprint density at radius 3 is 2.65 bits per heavy atom. The molecule has 17 heavy (non-hydrogen) atoms. The van der Waals surface area contributed by atoms with Crippen molar-refractivity contribution in [3.8, 4) is 5.75 Å². The molecule has 1 aromatic carbocycles. The fourth-order valence-corrected chi connectivity index (χ4v) is 1.31. The number of hydrogen-bond acceptors (Lipinski definition) is 3. The summed E-state index contributed by atoms with van der Waals surface area (Å²) in [4.78, 5) is 10.5. The summed E-state index contributed by atoms with van der Waals surface area (Å²) < 4.78 is 5.36. The summed E-state index contributed by atoms with van der Waals surface area (Å²) >= 11 is 0. The topological polar surface area (TPSA) is 72.5 Å². The van der Waals surface area contributed by atoms with Crippen molar-refractivity contribution in [1.82, 2.24) is 0 Å². The monoisotopic (exact) mass is 237 g/mol. The highest BCUT2D eigenvalue weighted by atomic mass is 16.5. The minimum absolute atomic E-state index is 0.0249. The van der Waals surface area contributed by atoms with E-state index in [4.69, 9.17) is 15.6 Å². The van der Waals surface area contributed by atoms with Crippen LogP contribution in [0.15, 0.2) is 24.3 Å². The van der Waals surface area contributed by atoms with Crippen LogP contribution in [0.3, 0.4) is 0 Å². The number of hydrogen-bond donors (Lipinski definition) is 2. The SMILES string of the molecule is CC(C)(C)c1cccc(OCC(N)C(=O)O)c1. The standard InChI is InChI=1S/C13H19NO3/c1-13(2,3)9-5-4-6-10(7-9)17-8-11(14)12(15)16/h4-7,11H,8,14H2,1-3H3,(H,15,16). The molecule has 0 radical (unpaired) electrons. The molecular formula is C13H19NO3. The third kappa shape index (κ3) is 4.07. The smallest absolute Gasteiger partial charge is 0.324 e. The van der Waals surface area contributed by atoms with Gasteiger partial charge in [-0.3, -0.25) is 4.79 Å². The first kappa shape index (κ1) is 13.5. The summed E-state index contributed by atoms with van der Waals surface area (Å²) in [5.74, 6) is -0.411. The van der Waals surface area contributed by atoms with Crippen LogP contribution in [-0.2, 0) is 10.2 Å². The van der Waals surface area contributed by atoms with Crippen LogP contribution in [0.1, 0.15) is 26.3 Å². The first-order valence-corrected chi connectivity index (χ1v) is 5.52. The summed E-state index contributed by atoms with van der Waals surface area (Å²) in [6, 6.07) is 6.62. The Labute approximate surface area is 101 Å². The lowest BCUT2D eigenvalue weighted by atomic mass is 9.87. The van der Waals surface area contributed by atoms with E-state index in [1.54, 1.807) is 6.07 Å². The highest BCUT2D eigenvalue weighted by Crippen LogP contribution is 2.25.